The Morgan fingerprint density at radius 1 is 1.33 bits per heavy atom. The SMILES string of the molecule is CC(CCN(C)C)n1c(=S)[nH]c2cnc3ccccc3c21. The maximum atomic E-state index is 5.54. The Kier molecular flexibility index (Phi) is 3.78. The zero-order valence-electron chi connectivity index (χ0n) is 12.6. The summed E-state index contributed by atoms with van der Waals surface area (Å²) in [6.07, 6.45) is 2.94. The molecule has 2 aromatic heterocycles. The zero-order valence-corrected chi connectivity index (χ0v) is 13.4. The van der Waals surface area contributed by atoms with Crippen molar-refractivity contribution in [2.75, 3.05) is 20.6 Å². The molecule has 0 aliphatic rings. The quantitative estimate of drug-likeness (QED) is 0.745. The van der Waals surface area contributed by atoms with Crippen LogP contribution in [-0.4, -0.2) is 40.1 Å². The summed E-state index contributed by atoms with van der Waals surface area (Å²) in [4.78, 5) is 9.99. The number of H-pyrrole nitrogens is 1. The average molecular weight is 300 g/mol. The van der Waals surface area contributed by atoms with Crippen molar-refractivity contribution < 1.29 is 0 Å². The summed E-state index contributed by atoms with van der Waals surface area (Å²) in [6.45, 7) is 3.26. The lowest BCUT2D eigenvalue weighted by Crippen LogP contribution is -2.17. The van der Waals surface area contributed by atoms with E-state index in [9.17, 15) is 0 Å². The maximum absolute atomic E-state index is 5.54. The predicted octanol–water partition coefficient (Wildman–Crippen LogP) is 3.76. The standard InChI is InChI=1S/C16H20N4S/c1-11(8-9-19(2)3)20-15-12-6-4-5-7-13(12)17-10-14(15)18-16(20)21/h4-7,10-11H,8-9H2,1-3H3,(H,18,21). The summed E-state index contributed by atoms with van der Waals surface area (Å²) in [5.41, 5.74) is 3.18. The number of nitrogens with one attached hydrogen (secondary N) is 1. The Balaban J connectivity index is 2.19. The smallest absolute Gasteiger partial charge is 0.178 e. The molecular weight excluding hydrogens is 280 g/mol. The molecule has 1 aromatic carbocycles. The van der Waals surface area contributed by atoms with Crippen LogP contribution in [0.4, 0.5) is 0 Å². The first-order valence-electron chi connectivity index (χ1n) is 7.20. The lowest BCUT2D eigenvalue weighted by atomic mass is 10.1. The second-order valence-corrected chi connectivity index (χ2v) is 6.17. The Hall–Kier alpha value is -1.72. The molecule has 1 N–H and O–H groups in total. The highest BCUT2D eigenvalue weighted by molar-refractivity contribution is 7.71. The first kappa shape index (κ1) is 14.2. The minimum absolute atomic E-state index is 0.347. The summed E-state index contributed by atoms with van der Waals surface area (Å²) in [7, 11) is 4.20. The predicted molar refractivity (Wildman–Crippen MR) is 90.3 cm³/mol. The molecule has 0 spiro atoms. The number of imidazole rings is 1. The van der Waals surface area contributed by atoms with E-state index in [1.807, 2.05) is 24.4 Å². The molecule has 0 saturated heterocycles. The number of hydrogen-bond acceptors (Lipinski definition) is 3. The van der Waals surface area contributed by atoms with Crippen LogP contribution in [0.1, 0.15) is 19.4 Å². The number of rotatable bonds is 4. The van der Waals surface area contributed by atoms with E-state index in [1.165, 1.54) is 0 Å². The number of nitrogens with zero attached hydrogens (tertiary/aromatic N) is 3. The fourth-order valence-electron chi connectivity index (χ4n) is 2.75. The Bertz CT molecular complexity index is 831. The highest BCUT2D eigenvalue weighted by Crippen LogP contribution is 2.27. The van der Waals surface area contributed by atoms with Gasteiger partial charge in [-0.2, -0.15) is 0 Å². The van der Waals surface area contributed by atoms with Crippen molar-refractivity contribution in [2.24, 2.45) is 0 Å². The third-order valence-corrected chi connectivity index (χ3v) is 4.18. The molecule has 5 heteroatoms. The summed E-state index contributed by atoms with van der Waals surface area (Å²) in [6, 6.07) is 8.57. The number of benzene rings is 1. The van der Waals surface area contributed by atoms with Gasteiger partial charge in [0, 0.05) is 11.4 Å². The second kappa shape index (κ2) is 5.58. The van der Waals surface area contributed by atoms with Crippen molar-refractivity contribution in [1.29, 1.82) is 0 Å². The van der Waals surface area contributed by atoms with Gasteiger partial charge in [-0.1, -0.05) is 18.2 Å². The molecule has 110 valence electrons. The molecule has 0 fully saturated rings. The molecule has 21 heavy (non-hydrogen) atoms. The van der Waals surface area contributed by atoms with Crippen molar-refractivity contribution in [3.8, 4) is 0 Å². The Morgan fingerprint density at radius 3 is 2.86 bits per heavy atom. The minimum atomic E-state index is 0.347. The molecule has 0 amide bonds. The van der Waals surface area contributed by atoms with Crippen LogP contribution in [0.3, 0.4) is 0 Å². The van der Waals surface area contributed by atoms with Crippen molar-refractivity contribution in [3.63, 3.8) is 0 Å². The number of hydrogen-bond donors (Lipinski definition) is 1. The third kappa shape index (κ3) is 2.59. The molecule has 1 unspecified atom stereocenters. The van der Waals surface area contributed by atoms with Gasteiger partial charge in [0.25, 0.3) is 0 Å². The summed E-state index contributed by atoms with van der Waals surface area (Å²) in [5.74, 6) is 0. The van der Waals surface area contributed by atoms with Gasteiger partial charge < -0.3 is 14.5 Å². The monoisotopic (exact) mass is 300 g/mol. The number of aromatic amines is 1. The molecule has 0 aliphatic carbocycles. The van der Waals surface area contributed by atoms with Crippen molar-refractivity contribution in [1.82, 2.24) is 19.4 Å². The molecule has 2 heterocycles. The normalized spacial score (nSPS) is 13.3. The van der Waals surface area contributed by atoms with Gasteiger partial charge in [0.1, 0.15) is 0 Å². The Morgan fingerprint density at radius 2 is 2.10 bits per heavy atom. The van der Waals surface area contributed by atoms with Gasteiger partial charge in [0.05, 0.1) is 22.7 Å². The largest absolute Gasteiger partial charge is 0.329 e. The molecular formula is C16H20N4S. The van der Waals surface area contributed by atoms with E-state index < -0.39 is 0 Å². The first-order valence-corrected chi connectivity index (χ1v) is 7.61. The topological polar surface area (TPSA) is 36.9 Å². The second-order valence-electron chi connectivity index (χ2n) is 5.78. The van der Waals surface area contributed by atoms with Gasteiger partial charge in [-0.15, -0.1) is 0 Å². The maximum Gasteiger partial charge on any atom is 0.178 e. The molecule has 3 aromatic rings. The van der Waals surface area contributed by atoms with E-state index in [0.29, 0.717) is 6.04 Å². The van der Waals surface area contributed by atoms with Crippen molar-refractivity contribution >= 4 is 34.2 Å². The van der Waals surface area contributed by atoms with Crippen molar-refractivity contribution in [2.45, 2.75) is 19.4 Å². The highest BCUT2D eigenvalue weighted by Gasteiger charge is 2.14. The van der Waals surface area contributed by atoms with Crippen LogP contribution in [0, 0.1) is 4.77 Å². The van der Waals surface area contributed by atoms with Crippen LogP contribution in [0.5, 0.6) is 0 Å². The van der Waals surface area contributed by atoms with Crippen LogP contribution in [0.15, 0.2) is 30.5 Å². The number of aromatic nitrogens is 3. The fraction of sp³-hybridized carbons (Fsp3) is 0.375. The van der Waals surface area contributed by atoms with Gasteiger partial charge in [-0.05, 0) is 52.3 Å². The summed E-state index contributed by atoms with van der Waals surface area (Å²) >= 11 is 5.54. The van der Waals surface area contributed by atoms with E-state index in [4.69, 9.17) is 12.2 Å². The van der Waals surface area contributed by atoms with Crippen LogP contribution in [0.25, 0.3) is 21.9 Å². The van der Waals surface area contributed by atoms with Gasteiger partial charge >= 0.3 is 0 Å². The molecule has 0 radical (unpaired) electrons. The lowest BCUT2D eigenvalue weighted by Gasteiger charge is -2.18. The van der Waals surface area contributed by atoms with Gasteiger partial charge in [-0.3, -0.25) is 4.98 Å². The molecule has 1 atom stereocenters. The van der Waals surface area contributed by atoms with Crippen LogP contribution >= 0.6 is 12.2 Å². The summed E-state index contributed by atoms with van der Waals surface area (Å²) in [5, 5.41) is 1.15. The van der Waals surface area contributed by atoms with E-state index in [2.05, 4.69) is 46.5 Å². The first-order chi connectivity index (χ1) is 10.1. The van der Waals surface area contributed by atoms with Gasteiger partial charge in [-0.25, -0.2) is 0 Å². The van der Waals surface area contributed by atoms with Gasteiger partial charge in [0.15, 0.2) is 4.77 Å². The molecule has 0 aliphatic heterocycles. The minimum Gasteiger partial charge on any atom is -0.329 e. The molecule has 0 saturated carbocycles. The third-order valence-electron chi connectivity index (χ3n) is 3.88. The molecule has 4 nitrogen and oxygen atoms in total. The highest BCUT2D eigenvalue weighted by atomic mass is 32.1. The van der Waals surface area contributed by atoms with Crippen LogP contribution in [-0.2, 0) is 0 Å². The zero-order chi connectivity index (χ0) is 15.0. The Labute approximate surface area is 129 Å². The van der Waals surface area contributed by atoms with Gasteiger partial charge in [0.2, 0.25) is 0 Å². The van der Waals surface area contributed by atoms with E-state index in [-0.39, 0.29) is 0 Å². The molecule has 0 bridgehead atoms. The summed E-state index contributed by atoms with van der Waals surface area (Å²) < 4.78 is 3.01. The lowest BCUT2D eigenvalue weighted by molar-refractivity contribution is 0.359. The van der Waals surface area contributed by atoms with E-state index in [1.54, 1.807) is 0 Å². The van der Waals surface area contributed by atoms with Crippen LogP contribution < -0.4 is 0 Å². The van der Waals surface area contributed by atoms with Crippen molar-refractivity contribution in [3.05, 3.63) is 35.2 Å². The van der Waals surface area contributed by atoms with E-state index >= 15 is 0 Å². The number of fused-ring (bicyclic) bond motifs is 3. The number of para-hydroxylation sites is 1. The van der Waals surface area contributed by atoms with E-state index in [0.717, 1.165) is 39.7 Å². The fourth-order valence-corrected chi connectivity index (χ4v) is 3.13. The average Bonchev–Trinajstić information content (AvgIpc) is 2.81. The number of pyridine rings is 1. The molecule has 3 rings (SSSR count). The van der Waals surface area contributed by atoms with Crippen LogP contribution in [0.2, 0.25) is 0 Å².